The third-order valence-electron chi connectivity index (χ3n) is 6.15. The molecule has 1 saturated carbocycles. The number of aliphatic carboxylic acids is 1. The molecule has 33 heavy (non-hydrogen) atoms. The van der Waals surface area contributed by atoms with E-state index in [-0.39, 0.29) is 0 Å². The number of allylic oxidation sites excluding steroid dienone is 1. The van der Waals surface area contributed by atoms with Crippen molar-refractivity contribution in [3.63, 3.8) is 0 Å². The first-order valence-electron chi connectivity index (χ1n) is 10.9. The summed E-state index contributed by atoms with van der Waals surface area (Å²) in [4.78, 5) is 15.5. The zero-order valence-corrected chi connectivity index (χ0v) is 17.8. The Kier molecular flexibility index (Phi) is 5.57. The predicted molar refractivity (Wildman–Crippen MR) is 127 cm³/mol. The highest BCUT2D eigenvalue weighted by Gasteiger charge is 2.28. The van der Waals surface area contributed by atoms with Crippen LogP contribution in [0.3, 0.4) is 0 Å². The molecule has 2 aromatic carbocycles. The van der Waals surface area contributed by atoms with E-state index in [1.54, 1.807) is 12.3 Å². The minimum Gasteiger partial charge on any atom is -0.478 e. The number of nitrogens with one attached hydrogen (secondary N) is 1. The second-order valence-electron chi connectivity index (χ2n) is 8.20. The van der Waals surface area contributed by atoms with Crippen LogP contribution in [0.4, 0.5) is 4.39 Å². The normalized spacial score (nSPS) is 14.9. The second kappa shape index (κ2) is 8.82. The number of rotatable bonds is 6. The predicted octanol–water partition coefficient (Wildman–Crippen LogP) is 5.95. The lowest BCUT2D eigenvalue weighted by molar-refractivity contribution is -0.131. The fraction of sp³-hybridized carbons (Fsp3) is 0.148. The number of aromatic amines is 1. The van der Waals surface area contributed by atoms with Crippen molar-refractivity contribution in [3.05, 3.63) is 101 Å². The fourth-order valence-electron chi connectivity index (χ4n) is 4.30. The lowest BCUT2D eigenvalue weighted by Crippen LogP contribution is -2.16. The van der Waals surface area contributed by atoms with E-state index in [2.05, 4.69) is 15.2 Å². The number of halogens is 1. The minimum atomic E-state index is -0.988. The highest BCUT2D eigenvalue weighted by molar-refractivity contribution is 6.00. The highest BCUT2D eigenvalue weighted by Crippen LogP contribution is 2.44. The summed E-state index contributed by atoms with van der Waals surface area (Å²) < 4.78 is 14.3. The monoisotopic (exact) mass is 439 g/mol. The molecule has 0 atom stereocenters. The molecule has 0 radical (unpaired) electrons. The molecule has 1 aliphatic rings. The van der Waals surface area contributed by atoms with Gasteiger partial charge in [0.2, 0.25) is 5.95 Å². The topological polar surface area (TPSA) is 78.9 Å². The van der Waals surface area contributed by atoms with Gasteiger partial charge < -0.3 is 5.11 Å². The molecular weight excluding hydrogens is 417 g/mol. The van der Waals surface area contributed by atoms with Crippen LogP contribution < -0.4 is 0 Å². The van der Waals surface area contributed by atoms with Crippen molar-refractivity contribution in [1.29, 1.82) is 0 Å². The van der Waals surface area contributed by atoms with Gasteiger partial charge in [0.15, 0.2) is 0 Å². The first-order valence-corrected chi connectivity index (χ1v) is 10.9. The standard InChI is InChI=1S/C27H22FN3O2/c28-27-21-16-20(12-13-22(21)30-31-27)25(19-10-7-17(8-11-19)9-14-24(32)33)26(18-4-3-5-18)23-6-1-2-15-29-23/h1-2,6-16,18H,3-5H2,(H,30,31)(H,32,33)/b14-9+,26-25+. The van der Waals surface area contributed by atoms with Gasteiger partial charge in [0, 0.05) is 12.3 Å². The van der Waals surface area contributed by atoms with Crippen LogP contribution in [0.25, 0.3) is 28.1 Å². The Morgan fingerprint density at radius 2 is 1.85 bits per heavy atom. The SMILES string of the molecule is O=C(O)/C=C/c1ccc(/C(=C(\c2ccccn2)C2CCC2)c2ccc3[nH]nc(F)c3c2)cc1. The second-order valence-corrected chi connectivity index (χ2v) is 8.20. The maximum Gasteiger partial charge on any atom is 0.328 e. The number of H-pyrrole nitrogens is 1. The van der Waals surface area contributed by atoms with E-state index in [1.165, 1.54) is 6.42 Å². The molecule has 0 spiro atoms. The van der Waals surface area contributed by atoms with Crippen molar-refractivity contribution in [1.82, 2.24) is 15.2 Å². The summed E-state index contributed by atoms with van der Waals surface area (Å²) in [6, 6.07) is 19.3. The molecule has 2 heterocycles. The molecular formula is C27H22FN3O2. The molecule has 0 unspecified atom stereocenters. The van der Waals surface area contributed by atoms with Gasteiger partial charge in [-0.2, -0.15) is 4.39 Å². The number of carbonyl (C=O) groups is 1. The number of fused-ring (bicyclic) bond motifs is 1. The zero-order chi connectivity index (χ0) is 22.8. The summed E-state index contributed by atoms with van der Waals surface area (Å²) in [6.45, 7) is 0. The molecule has 2 N–H and O–H groups in total. The fourth-order valence-corrected chi connectivity index (χ4v) is 4.30. The summed E-state index contributed by atoms with van der Waals surface area (Å²) in [6.07, 6.45) is 7.81. The molecule has 0 aliphatic heterocycles. The van der Waals surface area contributed by atoms with E-state index in [4.69, 9.17) is 5.11 Å². The van der Waals surface area contributed by atoms with E-state index in [0.29, 0.717) is 16.8 Å². The van der Waals surface area contributed by atoms with Crippen LogP contribution in [0, 0.1) is 11.9 Å². The Labute approximate surface area is 190 Å². The number of carboxylic acid groups (broad SMARTS) is 1. The number of nitrogens with zero attached hydrogens (tertiary/aromatic N) is 2. The van der Waals surface area contributed by atoms with Crippen LogP contribution in [0.5, 0.6) is 0 Å². The molecule has 4 aromatic rings. The van der Waals surface area contributed by atoms with Crippen LogP contribution in [-0.4, -0.2) is 26.3 Å². The first kappa shape index (κ1) is 20.8. The first-order chi connectivity index (χ1) is 16.1. The lowest BCUT2D eigenvalue weighted by Gasteiger charge is -2.31. The Hall–Kier alpha value is -4.06. The summed E-state index contributed by atoms with van der Waals surface area (Å²) in [5.74, 6) is -1.15. The van der Waals surface area contributed by atoms with Crippen LogP contribution in [0.2, 0.25) is 0 Å². The van der Waals surface area contributed by atoms with Crippen LogP contribution in [-0.2, 0) is 4.79 Å². The molecule has 5 rings (SSSR count). The number of aromatic nitrogens is 3. The molecule has 0 saturated heterocycles. The van der Waals surface area contributed by atoms with E-state index in [0.717, 1.165) is 52.4 Å². The number of benzene rings is 2. The van der Waals surface area contributed by atoms with Gasteiger partial charge in [-0.05, 0) is 76.9 Å². The number of carboxylic acids is 1. The summed E-state index contributed by atoms with van der Waals surface area (Å²) in [5.41, 5.74) is 6.38. The van der Waals surface area contributed by atoms with Crippen molar-refractivity contribution in [2.24, 2.45) is 5.92 Å². The lowest BCUT2D eigenvalue weighted by atomic mass is 9.74. The number of hydrogen-bond acceptors (Lipinski definition) is 3. The van der Waals surface area contributed by atoms with Gasteiger partial charge in [0.1, 0.15) is 0 Å². The van der Waals surface area contributed by atoms with E-state index in [9.17, 15) is 9.18 Å². The van der Waals surface area contributed by atoms with E-state index < -0.39 is 11.9 Å². The average Bonchev–Trinajstić information content (AvgIpc) is 3.17. The number of hydrogen-bond donors (Lipinski definition) is 2. The maximum absolute atomic E-state index is 14.3. The Morgan fingerprint density at radius 3 is 2.52 bits per heavy atom. The molecule has 1 fully saturated rings. The van der Waals surface area contributed by atoms with Crippen molar-refractivity contribution >= 4 is 34.1 Å². The highest BCUT2D eigenvalue weighted by atomic mass is 19.1. The van der Waals surface area contributed by atoms with Crippen LogP contribution >= 0.6 is 0 Å². The van der Waals surface area contributed by atoms with Crippen molar-refractivity contribution in [2.75, 3.05) is 0 Å². The molecule has 164 valence electrons. The Balaban J connectivity index is 1.73. The number of pyridine rings is 1. The molecule has 0 amide bonds. The van der Waals surface area contributed by atoms with Crippen LogP contribution in [0.15, 0.2) is 72.9 Å². The van der Waals surface area contributed by atoms with Crippen molar-refractivity contribution in [3.8, 4) is 0 Å². The summed E-state index contributed by atoms with van der Waals surface area (Å²) in [7, 11) is 0. The minimum absolute atomic E-state index is 0.367. The average molecular weight is 439 g/mol. The van der Waals surface area contributed by atoms with E-state index >= 15 is 0 Å². The zero-order valence-electron chi connectivity index (χ0n) is 17.8. The molecule has 0 bridgehead atoms. The van der Waals surface area contributed by atoms with Gasteiger partial charge in [-0.3, -0.25) is 10.1 Å². The quantitative estimate of drug-likeness (QED) is 0.364. The Bertz CT molecular complexity index is 1370. The van der Waals surface area contributed by atoms with Gasteiger partial charge in [-0.1, -0.05) is 42.8 Å². The third kappa shape index (κ3) is 4.20. The van der Waals surface area contributed by atoms with Gasteiger partial charge in [-0.25, -0.2) is 4.79 Å². The van der Waals surface area contributed by atoms with Gasteiger partial charge in [-0.15, -0.1) is 5.10 Å². The van der Waals surface area contributed by atoms with Crippen LogP contribution in [0.1, 0.15) is 41.6 Å². The smallest absolute Gasteiger partial charge is 0.328 e. The third-order valence-corrected chi connectivity index (χ3v) is 6.15. The molecule has 6 heteroatoms. The molecule has 5 nitrogen and oxygen atoms in total. The van der Waals surface area contributed by atoms with Crippen molar-refractivity contribution < 1.29 is 14.3 Å². The largest absolute Gasteiger partial charge is 0.478 e. The molecule has 1 aliphatic carbocycles. The summed E-state index contributed by atoms with van der Waals surface area (Å²) >= 11 is 0. The maximum atomic E-state index is 14.3. The summed E-state index contributed by atoms with van der Waals surface area (Å²) in [5, 5.41) is 15.8. The molecule has 2 aromatic heterocycles. The Morgan fingerprint density at radius 1 is 1.06 bits per heavy atom. The van der Waals surface area contributed by atoms with Gasteiger partial charge in [0.25, 0.3) is 0 Å². The van der Waals surface area contributed by atoms with Gasteiger partial charge in [0.05, 0.1) is 16.6 Å². The van der Waals surface area contributed by atoms with E-state index in [1.807, 2.05) is 60.7 Å². The van der Waals surface area contributed by atoms with Crippen molar-refractivity contribution in [2.45, 2.75) is 19.3 Å². The van der Waals surface area contributed by atoms with Gasteiger partial charge >= 0.3 is 5.97 Å².